The molecule has 2 aromatic rings. The average Bonchev–Trinajstić information content (AvgIpc) is 3.09. The summed E-state index contributed by atoms with van der Waals surface area (Å²) in [6, 6.07) is 11.4. The number of benzene rings is 1. The molecule has 1 amide bonds. The van der Waals surface area contributed by atoms with Crippen LogP contribution in [0.25, 0.3) is 0 Å². The number of amides is 1. The second-order valence-corrected chi connectivity index (χ2v) is 9.25. The maximum atomic E-state index is 12.6. The summed E-state index contributed by atoms with van der Waals surface area (Å²) in [6.45, 7) is 3.82. The highest BCUT2D eigenvalue weighted by molar-refractivity contribution is 7.93. The number of nitrogens with one attached hydrogen (secondary N) is 2. The second kappa shape index (κ2) is 8.31. The Kier molecular flexibility index (Phi) is 6.62. The predicted molar refractivity (Wildman–Crippen MR) is 101 cm³/mol. The van der Waals surface area contributed by atoms with Crippen LogP contribution in [0, 0.1) is 5.92 Å². The third-order valence-corrected chi connectivity index (χ3v) is 7.61. The molecule has 2 unspecified atom stereocenters. The summed E-state index contributed by atoms with van der Waals surface area (Å²) in [4.78, 5) is 13.1. The van der Waals surface area contributed by atoms with E-state index in [4.69, 9.17) is 0 Å². The molecular formula is C17H21ClN2O3S2. The molecule has 3 rings (SSSR count). The van der Waals surface area contributed by atoms with Crippen LogP contribution in [-0.2, 0) is 9.84 Å². The Hall–Kier alpha value is -1.41. The monoisotopic (exact) mass is 400 g/mol. The zero-order valence-corrected chi connectivity index (χ0v) is 16.2. The molecule has 1 saturated heterocycles. The van der Waals surface area contributed by atoms with Crippen LogP contribution in [-0.4, -0.2) is 33.5 Å². The molecule has 5 nitrogen and oxygen atoms in total. The van der Waals surface area contributed by atoms with Gasteiger partial charge in [-0.1, -0.05) is 25.1 Å². The van der Waals surface area contributed by atoms with Gasteiger partial charge in [-0.2, -0.15) is 0 Å². The van der Waals surface area contributed by atoms with Gasteiger partial charge in [-0.25, -0.2) is 8.42 Å². The van der Waals surface area contributed by atoms with Crippen molar-refractivity contribution >= 4 is 39.5 Å². The van der Waals surface area contributed by atoms with Crippen LogP contribution >= 0.6 is 23.7 Å². The van der Waals surface area contributed by atoms with E-state index >= 15 is 0 Å². The number of halogens is 1. The van der Waals surface area contributed by atoms with Gasteiger partial charge in [-0.15, -0.1) is 23.7 Å². The van der Waals surface area contributed by atoms with E-state index < -0.39 is 9.84 Å². The number of hydrogen-bond acceptors (Lipinski definition) is 5. The summed E-state index contributed by atoms with van der Waals surface area (Å²) in [5.74, 6) is 0.192. The lowest BCUT2D eigenvalue weighted by atomic mass is 9.95. The van der Waals surface area contributed by atoms with Crippen LogP contribution in [0.2, 0.25) is 0 Å². The zero-order valence-electron chi connectivity index (χ0n) is 13.8. The first-order valence-corrected chi connectivity index (χ1v) is 10.2. The Balaban J connectivity index is 0.00000225. The van der Waals surface area contributed by atoms with Gasteiger partial charge < -0.3 is 10.6 Å². The molecular weight excluding hydrogens is 380 g/mol. The molecule has 1 fully saturated rings. The largest absolute Gasteiger partial charge is 0.347 e. The number of sulfone groups is 1. The van der Waals surface area contributed by atoms with Crippen molar-refractivity contribution in [3.8, 4) is 0 Å². The lowest BCUT2D eigenvalue weighted by Crippen LogP contribution is -2.50. The summed E-state index contributed by atoms with van der Waals surface area (Å²) < 4.78 is 25.3. The molecule has 1 aromatic carbocycles. The van der Waals surface area contributed by atoms with Crippen molar-refractivity contribution in [3.05, 3.63) is 47.3 Å². The van der Waals surface area contributed by atoms with E-state index in [1.165, 1.54) is 6.07 Å². The van der Waals surface area contributed by atoms with Gasteiger partial charge in [0, 0.05) is 12.6 Å². The van der Waals surface area contributed by atoms with Crippen molar-refractivity contribution in [2.24, 2.45) is 5.92 Å². The van der Waals surface area contributed by atoms with Gasteiger partial charge in [0.25, 0.3) is 5.91 Å². The van der Waals surface area contributed by atoms with Gasteiger partial charge >= 0.3 is 0 Å². The first-order valence-electron chi connectivity index (χ1n) is 7.90. The molecule has 0 aliphatic carbocycles. The van der Waals surface area contributed by atoms with Crippen LogP contribution in [0.5, 0.6) is 0 Å². The van der Waals surface area contributed by atoms with Gasteiger partial charge in [-0.3, -0.25) is 4.79 Å². The van der Waals surface area contributed by atoms with Gasteiger partial charge in [0.15, 0.2) is 0 Å². The molecule has 8 heteroatoms. The van der Waals surface area contributed by atoms with E-state index in [-0.39, 0.29) is 33.5 Å². The molecule has 2 atom stereocenters. The first kappa shape index (κ1) is 19.9. The molecule has 1 aliphatic rings. The molecule has 25 heavy (non-hydrogen) atoms. The summed E-state index contributed by atoms with van der Waals surface area (Å²) in [6.07, 6.45) is 1.02. The van der Waals surface area contributed by atoms with E-state index in [0.29, 0.717) is 10.8 Å². The zero-order chi connectivity index (χ0) is 17.2. The minimum atomic E-state index is -3.57. The lowest BCUT2D eigenvalue weighted by molar-refractivity contribution is 0.0919. The summed E-state index contributed by atoms with van der Waals surface area (Å²) in [5, 5.41) is 6.27. The standard InChI is InChI=1S/C17H20N2O3S2.ClH/c1-12-9-10-18-11-14(12)19-17(20)15-7-8-16(23-15)24(21,22)13-5-3-2-4-6-13;/h2-8,12,14,18H,9-11H2,1H3,(H,19,20);1H. The molecule has 1 aliphatic heterocycles. The smallest absolute Gasteiger partial charge is 0.261 e. The Morgan fingerprint density at radius 2 is 1.92 bits per heavy atom. The maximum Gasteiger partial charge on any atom is 0.261 e. The Labute approximate surface area is 158 Å². The fraction of sp³-hybridized carbons (Fsp3) is 0.353. The summed E-state index contributed by atoms with van der Waals surface area (Å²) in [7, 11) is -3.57. The molecule has 0 saturated carbocycles. The van der Waals surface area contributed by atoms with E-state index in [0.717, 1.165) is 30.8 Å². The molecule has 0 spiro atoms. The summed E-state index contributed by atoms with van der Waals surface area (Å²) >= 11 is 1.01. The highest BCUT2D eigenvalue weighted by atomic mass is 35.5. The predicted octanol–water partition coefficient (Wildman–Crippen LogP) is 2.73. The number of carbonyl (C=O) groups is 1. The van der Waals surface area contributed by atoms with Gasteiger partial charge in [-0.05, 0) is 43.1 Å². The fourth-order valence-corrected chi connectivity index (χ4v) is 5.36. The fourth-order valence-electron chi connectivity index (χ4n) is 2.72. The minimum absolute atomic E-state index is 0. The Morgan fingerprint density at radius 1 is 1.20 bits per heavy atom. The van der Waals surface area contributed by atoms with Gasteiger partial charge in [0.2, 0.25) is 9.84 Å². The lowest BCUT2D eigenvalue weighted by Gasteiger charge is -2.30. The van der Waals surface area contributed by atoms with Crippen LogP contribution in [0.15, 0.2) is 51.6 Å². The van der Waals surface area contributed by atoms with E-state index in [2.05, 4.69) is 17.6 Å². The molecule has 136 valence electrons. The Morgan fingerprint density at radius 3 is 2.60 bits per heavy atom. The number of rotatable bonds is 4. The molecule has 1 aromatic heterocycles. The van der Waals surface area contributed by atoms with Crippen molar-refractivity contribution in [2.45, 2.75) is 28.5 Å². The van der Waals surface area contributed by atoms with Gasteiger partial charge in [0.05, 0.1) is 9.77 Å². The average molecular weight is 401 g/mol. The van der Waals surface area contributed by atoms with Crippen molar-refractivity contribution in [3.63, 3.8) is 0 Å². The van der Waals surface area contributed by atoms with E-state index in [9.17, 15) is 13.2 Å². The highest BCUT2D eigenvalue weighted by Gasteiger charge is 2.25. The quantitative estimate of drug-likeness (QED) is 0.827. The maximum absolute atomic E-state index is 12.6. The molecule has 2 N–H and O–H groups in total. The molecule has 2 heterocycles. The number of piperidine rings is 1. The summed E-state index contributed by atoms with van der Waals surface area (Å²) in [5.41, 5.74) is 0. The number of carbonyl (C=O) groups excluding carboxylic acids is 1. The number of hydrogen-bond donors (Lipinski definition) is 2. The van der Waals surface area contributed by atoms with Crippen molar-refractivity contribution in [1.29, 1.82) is 0 Å². The Bertz CT molecular complexity index is 821. The first-order chi connectivity index (χ1) is 11.5. The third-order valence-electron chi connectivity index (χ3n) is 4.27. The topological polar surface area (TPSA) is 75.3 Å². The van der Waals surface area contributed by atoms with Crippen molar-refractivity contribution < 1.29 is 13.2 Å². The van der Waals surface area contributed by atoms with Crippen LogP contribution in [0.3, 0.4) is 0 Å². The normalized spacial score (nSPS) is 20.5. The van der Waals surface area contributed by atoms with E-state index in [1.807, 2.05) is 0 Å². The van der Waals surface area contributed by atoms with Crippen molar-refractivity contribution in [2.75, 3.05) is 13.1 Å². The van der Waals surface area contributed by atoms with Crippen LogP contribution in [0.4, 0.5) is 0 Å². The SMILES string of the molecule is CC1CCNCC1NC(=O)c1ccc(S(=O)(=O)c2ccccc2)s1.Cl. The van der Waals surface area contributed by atoms with Crippen molar-refractivity contribution in [1.82, 2.24) is 10.6 Å². The third kappa shape index (κ3) is 4.41. The van der Waals surface area contributed by atoms with E-state index in [1.54, 1.807) is 36.4 Å². The number of thiophene rings is 1. The van der Waals surface area contributed by atoms with Crippen LogP contribution in [0.1, 0.15) is 23.0 Å². The minimum Gasteiger partial charge on any atom is -0.347 e. The molecule has 0 radical (unpaired) electrons. The molecule has 0 bridgehead atoms. The van der Waals surface area contributed by atoms with Gasteiger partial charge in [0.1, 0.15) is 4.21 Å². The second-order valence-electron chi connectivity index (χ2n) is 5.99. The highest BCUT2D eigenvalue weighted by Crippen LogP contribution is 2.28. The van der Waals surface area contributed by atoms with Crippen LogP contribution < -0.4 is 10.6 Å².